The summed E-state index contributed by atoms with van der Waals surface area (Å²) < 4.78 is 0. The van der Waals surface area contributed by atoms with E-state index in [-0.39, 0.29) is 5.91 Å². The van der Waals surface area contributed by atoms with Crippen LogP contribution in [0.15, 0.2) is 54.6 Å². The lowest BCUT2D eigenvalue weighted by atomic mass is 10.1. The molecular weight excluding hydrogens is 338 g/mol. The van der Waals surface area contributed by atoms with Crippen molar-refractivity contribution in [3.63, 3.8) is 0 Å². The third-order valence-electron chi connectivity index (χ3n) is 4.00. The number of nitrogens with one attached hydrogen (secondary N) is 2. The molecule has 0 fully saturated rings. The highest BCUT2D eigenvalue weighted by molar-refractivity contribution is 6.04. The van der Waals surface area contributed by atoms with Gasteiger partial charge in [0.2, 0.25) is 5.95 Å². The number of carbonyl (C=O) groups is 1. The molecule has 0 saturated carbocycles. The fourth-order valence-corrected chi connectivity index (χ4v) is 2.70. The number of carbonyl (C=O) groups excluding carboxylic acids is 1. The zero-order chi connectivity index (χ0) is 19.4. The summed E-state index contributed by atoms with van der Waals surface area (Å²) in [5, 5.41) is 6.07. The Balaban J connectivity index is 1.73. The van der Waals surface area contributed by atoms with E-state index >= 15 is 0 Å². The first-order chi connectivity index (χ1) is 12.9. The zero-order valence-electron chi connectivity index (χ0n) is 15.9. The van der Waals surface area contributed by atoms with Crippen molar-refractivity contribution >= 4 is 28.9 Å². The van der Waals surface area contributed by atoms with Gasteiger partial charge in [0, 0.05) is 48.1 Å². The van der Waals surface area contributed by atoms with Gasteiger partial charge in [0.15, 0.2) is 0 Å². The Kier molecular flexibility index (Phi) is 5.35. The molecule has 0 saturated heterocycles. The van der Waals surface area contributed by atoms with Crippen molar-refractivity contribution in [3.8, 4) is 0 Å². The van der Waals surface area contributed by atoms with E-state index in [1.807, 2.05) is 75.3 Å². The van der Waals surface area contributed by atoms with Crippen molar-refractivity contribution in [2.24, 2.45) is 0 Å². The predicted molar refractivity (Wildman–Crippen MR) is 110 cm³/mol. The van der Waals surface area contributed by atoms with Crippen LogP contribution in [0.1, 0.15) is 21.7 Å². The average molecular weight is 361 g/mol. The van der Waals surface area contributed by atoms with Gasteiger partial charge in [-0.15, -0.1) is 0 Å². The number of anilines is 4. The van der Waals surface area contributed by atoms with Crippen LogP contribution in [0, 0.1) is 13.8 Å². The summed E-state index contributed by atoms with van der Waals surface area (Å²) in [6.45, 7) is 3.84. The second kappa shape index (κ2) is 7.86. The molecule has 0 radical (unpaired) electrons. The molecule has 0 aliphatic carbocycles. The molecule has 0 bridgehead atoms. The smallest absolute Gasteiger partial charge is 0.255 e. The maximum Gasteiger partial charge on any atom is 0.255 e. The number of hydrogen-bond acceptors (Lipinski definition) is 5. The van der Waals surface area contributed by atoms with Crippen LogP contribution in [-0.4, -0.2) is 30.0 Å². The molecule has 1 heterocycles. The number of aryl methyl sites for hydroxylation is 2. The van der Waals surface area contributed by atoms with Gasteiger partial charge in [-0.05, 0) is 62.4 Å². The van der Waals surface area contributed by atoms with Crippen molar-refractivity contribution in [2.75, 3.05) is 29.6 Å². The number of benzene rings is 2. The number of amides is 1. The summed E-state index contributed by atoms with van der Waals surface area (Å²) in [6.07, 6.45) is 0. The highest BCUT2D eigenvalue weighted by Gasteiger charge is 2.08. The molecule has 2 N–H and O–H groups in total. The number of hydrogen-bond donors (Lipinski definition) is 2. The van der Waals surface area contributed by atoms with Crippen LogP contribution in [0.3, 0.4) is 0 Å². The first-order valence-corrected chi connectivity index (χ1v) is 8.69. The molecule has 1 amide bonds. The summed E-state index contributed by atoms with van der Waals surface area (Å²) in [7, 11) is 3.96. The van der Waals surface area contributed by atoms with Crippen molar-refractivity contribution < 1.29 is 4.79 Å². The van der Waals surface area contributed by atoms with Crippen LogP contribution >= 0.6 is 0 Å². The molecule has 0 unspecified atom stereocenters. The molecule has 3 rings (SSSR count). The van der Waals surface area contributed by atoms with E-state index in [0.29, 0.717) is 11.5 Å². The maximum absolute atomic E-state index is 12.6. The fourth-order valence-electron chi connectivity index (χ4n) is 2.70. The summed E-state index contributed by atoms with van der Waals surface area (Å²) in [4.78, 5) is 23.3. The van der Waals surface area contributed by atoms with Crippen LogP contribution in [0.2, 0.25) is 0 Å². The number of nitrogens with zero attached hydrogens (tertiary/aromatic N) is 3. The van der Waals surface area contributed by atoms with Crippen LogP contribution in [-0.2, 0) is 0 Å². The SMILES string of the molecule is Cc1cc(C)nc(Nc2cccc(C(=O)Nc3ccc(N(C)C)cc3)c2)n1. The fraction of sp³-hybridized carbons (Fsp3) is 0.190. The Hall–Kier alpha value is -3.41. The normalized spacial score (nSPS) is 10.4. The highest BCUT2D eigenvalue weighted by Crippen LogP contribution is 2.19. The summed E-state index contributed by atoms with van der Waals surface area (Å²) in [6, 6.07) is 16.9. The molecule has 3 aromatic rings. The Morgan fingerprint density at radius 1 is 0.889 bits per heavy atom. The number of rotatable bonds is 5. The van der Waals surface area contributed by atoms with Crippen molar-refractivity contribution in [3.05, 3.63) is 71.5 Å². The molecule has 0 spiro atoms. The molecule has 0 atom stereocenters. The van der Waals surface area contributed by atoms with Crippen LogP contribution in [0.4, 0.5) is 23.0 Å². The van der Waals surface area contributed by atoms with E-state index in [0.717, 1.165) is 28.5 Å². The van der Waals surface area contributed by atoms with E-state index in [9.17, 15) is 4.79 Å². The molecule has 6 heteroatoms. The lowest BCUT2D eigenvalue weighted by Gasteiger charge is -2.13. The van der Waals surface area contributed by atoms with Crippen LogP contribution in [0.25, 0.3) is 0 Å². The van der Waals surface area contributed by atoms with Crippen LogP contribution in [0.5, 0.6) is 0 Å². The van der Waals surface area contributed by atoms with Crippen molar-refractivity contribution in [1.82, 2.24) is 9.97 Å². The first-order valence-electron chi connectivity index (χ1n) is 8.69. The van der Waals surface area contributed by atoms with Gasteiger partial charge in [-0.2, -0.15) is 0 Å². The largest absolute Gasteiger partial charge is 0.378 e. The molecule has 0 aliphatic heterocycles. The molecule has 27 heavy (non-hydrogen) atoms. The van der Waals surface area contributed by atoms with Gasteiger partial charge in [0.1, 0.15) is 0 Å². The van der Waals surface area contributed by atoms with E-state index in [4.69, 9.17) is 0 Å². The van der Waals surface area contributed by atoms with Gasteiger partial charge in [0.05, 0.1) is 0 Å². The van der Waals surface area contributed by atoms with Gasteiger partial charge >= 0.3 is 0 Å². The minimum absolute atomic E-state index is 0.169. The van der Waals surface area contributed by atoms with Gasteiger partial charge in [-0.3, -0.25) is 4.79 Å². The zero-order valence-corrected chi connectivity index (χ0v) is 15.9. The second-order valence-corrected chi connectivity index (χ2v) is 6.58. The Bertz CT molecular complexity index is 931. The van der Waals surface area contributed by atoms with Crippen LogP contribution < -0.4 is 15.5 Å². The van der Waals surface area contributed by atoms with E-state index in [1.54, 1.807) is 12.1 Å². The topological polar surface area (TPSA) is 70.2 Å². The molecule has 138 valence electrons. The first kappa shape index (κ1) is 18.4. The summed E-state index contributed by atoms with van der Waals surface area (Å²) in [5.41, 5.74) is 4.92. The molecule has 0 aliphatic rings. The Morgan fingerprint density at radius 3 is 2.19 bits per heavy atom. The van der Waals surface area contributed by atoms with E-state index < -0.39 is 0 Å². The summed E-state index contributed by atoms with van der Waals surface area (Å²) >= 11 is 0. The van der Waals surface area contributed by atoms with Gasteiger partial charge in [-0.25, -0.2) is 9.97 Å². The quantitative estimate of drug-likeness (QED) is 0.714. The number of aromatic nitrogens is 2. The third kappa shape index (κ3) is 4.82. The molecular formula is C21H23N5O. The standard InChI is InChI=1S/C21H23N5O/c1-14-12-15(2)23-21(22-14)25-18-7-5-6-16(13-18)20(27)24-17-8-10-19(11-9-17)26(3)4/h5-13H,1-4H3,(H,24,27)(H,22,23,25). The average Bonchev–Trinajstić information content (AvgIpc) is 2.61. The van der Waals surface area contributed by atoms with Gasteiger partial charge < -0.3 is 15.5 Å². The van der Waals surface area contributed by atoms with Crippen molar-refractivity contribution in [1.29, 1.82) is 0 Å². The monoisotopic (exact) mass is 361 g/mol. The van der Waals surface area contributed by atoms with Crippen molar-refractivity contribution in [2.45, 2.75) is 13.8 Å². The second-order valence-electron chi connectivity index (χ2n) is 6.58. The minimum Gasteiger partial charge on any atom is -0.378 e. The molecule has 6 nitrogen and oxygen atoms in total. The highest BCUT2D eigenvalue weighted by atomic mass is 16.1. The minimum atomic E-state index is -0.169. The van der Waals surface area contributed by atoms with Gasteiger partial charge in [-0.1, -0.05) is 6.07 Å². The molecule has 1 aromatic heterocycles. The van der Waals surface area contributed by atoms with E-state index in [2.05, 4.69) is 20.6 Å². The lowest BCUT2D eigenvalue weighted by molar-refractivity contribution is 0.102. The maximum atomic E-state index is 12.6. The van der Waals surface area contributed by atoms with E-state index in [1.165, 1.54) is 0 Å². The molecule has 2 aromatic carbocycles. The third-order valence-corrected chi connectivity index (χ3v) is 4.00. The Labute approximate surface area is 159 Å². The lowest BCUT2D eigenvalue weighted by Crippen LogP contribution is -2.13. The summed E-state index contributed by atoms with van der Waals surface area (Å²) in [5.74, 6) is 0.349. The Morgan fingerprint density at radius 2 is 1.56 bits per heavy atom. The van der Waals surface area contributed by atoms with Gasteiger partial charge in [0.25, 0.3) is 5.91 Å². The predicted octanol–water partition coefficient (Wildman–Crippen LogP) is 4.16.